The molecule has 0 saturated carbocycles. The number of carbonyl (C=O) groups is 1. The molecular formula is C15H20O2. The van der Waals surface area contributed by atoms with E-state index in [1.807, 2.05) is 6.92 Å². The minimum Gasteiger partial charge on any atom is -0.469 e. The van der Waals surface area contributed by atoms with Crippen LogP contribution in [0.15, 0.2) is 18.2 Å². The minimum atomic E-state index is -0.161. The van der Waals surface area contributed by atoms with Gasteiger partial charge in [0.2, 0.25) is 0 Å². The molecule has 2 heteroatoms. The molecule has 1 aliphatic carbocycles. The summed E-state index contributed by atoms with van der Waals surface area (Å²) in [5.74, 6) is 0.467. The predicted molar refractivity (Wildman–Crippen MR) is 68.1 cm³/mol. The number of carbonyl (C=O) groups excluding carboxylic acids is 1. The molecule has 1 aromatic carbocycles. The van der Waals surface area contributed by atoms with Crippen molar-refractivity contribution in [3.63, 3.8) is 0 Å². The van der Waals surface area contributed by atoms with Crippen molar-refractivity contribution in [2.24, 2.45) is 5.92 Å². The minimum absolute atomic E-state index is 0.157. The van der Waals surface area contributed by atoms with Gasteiger partial charge in [0.05, 0.1) is 13.0 Å². The summed E-state index contributed by atoms with van der Waals surface area (Å²) in [6, 6.07) is 6.44. The second-order valence-corrected chi connectivity index (χ2v) is 4.96. The van der Waals surface area contributed by atoms with Crippen LogP contribution in [0.4, 0.5) is 0 Å². The first-order valence-corrected chi connectivity index (χ1v) is 6.35. The lowest BCUT2D eigenvalue weighted by atomic mass is 9.97. The van der Waals surface area contributed by atoms with Crippen molar-refractivity contribution >= 4 is 5.97 Å². The molecule has 0 aliphatic heterocycles. The van der Waals surface area contributed by atoms with Gasteiger partial charge in [-0.25, -0.2) is 0 Å². The summed E-state index contributed by atoms with van der Waals surface area (Å²) in [5.41, 5.74) is 3.95. The Bertz CT molecular complexity index is 423. The normalized spacial score (nSPS) is 19.8. The lowest BCUT2D eigenvalue weighted by Gasteiger charge is -2.11. The van der Waals surface area contributed by atoms with Gasteiger partial charge in [0, 0.05) is 0 Å². The third-order valence-electron chi connectivity index (χ3n) is 3.88. The summed E-state index contributed by atoms with van der Waals surface area (Å²) >= 11 is 0. The third-order valence-corrected chi connectivity index (χ3v) is 3.88. The number of rotatable bonds is 3. The molecular weight excluding hydrogens is 212 g/mol. The van der Waals surface area contributed by atoms with Gasteiger partial charge in [0.1, 0.15) is 0 Å². The van der Waals surface area contributed by atoms with Gasteiger partial charge in [0.25, 0.3) is 0 Å². The van der Waals surface area contributed by atoms with Gasteiger partial charge in [0.15, 0.2) is 0 Å². The molecule has 92 valence electrons. The van der Waals surface area contributed by atoms with Crippen LogP contribution in [0, 0.1) is 5.92 Å². The quantitative estimate of drug-likeness (QED) is 0.749. The molecule has 2 atom stereocenters. The first kappa shape index (κ1) is 12.2. The van der Waals surface area contributed by atoms with Gasteiger partial charge in [-0.15, -0.1) is 0 Å². The Balaban J connectivity index is 2.21. The van der Waals surface area contributed by atoms with Gasteiger partial charge in [-0.3, -0.25) is 4.79 Å². The van der Waals surface area contributed by atoms with E-state index in [9.17, 15) is 4.79 Å². The van der Waals surface area contributed by atoms with E-state index >= 15 is 0 Å². The lowest BCUT2D eigenvalue weighted by Crippen LogP contribution is -2.11. The van der Waals surface area contributed by atoms with Crippen molar-refractivity contribution in [3.8, 4) is 0 Å². The van der Waals surface area contributed by atoms with Crippen LogP contribution in [0.2, 0.25) is 0 Å². The fourth-order valence-corrected chi connectivity index (χ4v) is 2.60. The zero-order chi connectivity index (χ0) is 12.4. The van der Waals surface area contributed by atoms with Crippen molar-refractivity contribution in [1.29, 1.82) is 0 Å². The van der Waals surface area contributed by atoms with Gasteiger partial charge >= 0.3 is 5.97 Å². The van der Waals surface area contributed by atoms with Crippen LogP contribution in [0.5, 0.6) is 0 Å². The molecule has 0 radical (unpaired) electrons. The number of esters is 1. The van der Waals surface area contributed by atoms with E-state index in [-0.39, 0.29) is 11.9 Å². The molecule has 1 aliphatic rings. The average molecular weight is 232 g/mol. The summed E-state index contributed by atoms with van der Waals surface area (Å²) in [4.78, 5) is 11.5. The Morgan fingerprint density at radius 3 is 2.76 bits per heavy atom. The summed E-state index contributed by atoms with van der Waals surface area (Å²) in [7, 11) is 1.44. The van der Waals surface area contributed by atoms with E-state index in [0.29, 0.717) is 0 Å². The molecule has 0 unspecified atom stereocenters. The SMILES string of the molecule is CC[C@H]1Cc2ccc([C@H](C)C(=O)OC)cc2C1. The summed E-state index contributed by atoms with van der Waals surface area (Å²) < 4.78 is 4.79. The van der Waals surface area contributed by atoms with Crippen molar-refractivity contribution in [2.45, 2.75) is 39.0 Å². The van der Waals surface area contributed by atoms with Crippen LogP contribution in [0.25, 0.3) is 0 Å². The Hall–Kier alpha value is -1.31. The zero-order valence-corrected chi connectivity index (χ0v) is 10.8. The zero-order valence-electron chi connectivity index (χ0n) is 10.8. The molecule has 0 spiro atoms. The van der Waals surface area contributed by atoms with Gasteiger partial charge < -0.3 is 4.74 Å². The lowest BCUT2D eigenvalue weighted by molar-refractivity contribution is -0.141. The smallest absolute Gasteiger partial charge is 0.312 e. The molecule has 2 nitrogen and oxygen atoms in total. The number of fused-ring (bicyclic) bond motifs is 1. The summed E-state index contributed by atoms with van der Waals surface area (Å²) in [5, 5.41) is 0. The van der Waals surface area contributed by atoms with Crippen LogP contribution in [-0.2, 0) is 22.4 Å². The number of hydrogen-bond donors (Lipinski definition) is 0. The number of methoxy groups -OCH3 is 1. The van der Waals surface area contributed by atoms with E-state index in [0.717, 1.165) is 17.9 Å². The van der Waals surface area contributed by atoms with Crippen molar-refractivity contribution < 1.29 is 9.53 Å². The molecule has 0 bridgehead atoms. The molecule has 0 saturated heterocycles. The van der Waals surface area contributed by atoms with Crippen LogP contribution in [-0.4, -0.2) is 13.1 Å². The maximum absolute atomic E-state index is 11.5. The molecule has 0 heterocycles. The highest BCUT2D eigenvalue weighted by molar-refractivity contribution is 5.77. The average Bonchev–Trinajstić information content (AvgIpc) is 2.78. The highest BCUT2D eigenvalue weighted by atomic mass is 16.5. The summed E-state index contributed by atoms with van der Waals surface area (Å²) in [6.45, 7) is 4.15. The predicted octanol–water partition coefficient (Wildman–Crippen LogP) is 3.09. The van der Waals surface area contributed by atoms with Crippen molar-refractivity contribution in [2.75, 3.05) is 7.11 Å². The van der Waals surface area contributed by atoms with Gasteiger partial charge in [-0.05, 0) is 42.4 Å². The van der Waals surface area contributed by atoms with Crippen molar-refractivity contribution in [3.05, 3.63) is 34.9 Å². The highest BCUT2D eigenvalue weighted by Gasteiger charge is 2.22. The molecule has 17 heavy (non-hydrogen) atoms. The molecule has 0 aromatic heterocycles. The van der Waals surface area contributed by atoms with E-state index in [4.69, 9.17) is 4.74 Å². The Morgan fingerprint density at radius 2 is 2.12 bits per heavy atom. The largest absolute Gasteiger partial charge is 0.469 e. The van der Waals surface area contributed by atoms with E-state index in [2.05, 4.69) is 25.1 Å². The number of hydrogen-bond acceptors (Lipinski definition) is 2. The van der Waals surface area contributed by atoms with Gasteiger partial charge in [-0.2, -0.15) is 0 Å². The first-order valence-electron chi connectivity index (χ1n) is 6.35. The Kier molecular flexibility index (Phi) is 3.51. The topological polar surface area (TPSA) is 26.3 Å². The van der Waals surface area contributed by atoms with Gasteiger partial charge in [-0.1, -0.05) is 31.5 Å². The van der Waals surface area contributed by atoms with E-state index in [1.165, 1.54) is 31.1 Å². The van der Waals surface area contributed by atoms with Crippen LogP contribution < -0.4 is 0 Å². The second kappa shape index (κ2) is 4.91. The number of benzene rings is 1. The van der Waals surface area contributed by atoms with Crippen LogP contribution >= 0.6 is 0 Å². The Labute approximate surface area is 103 Å². The standard InChI is InChI=1S/C15H20O2/c1-4-11-7-13-6-5-12(9-14(13)8-11)10(2)15(16)17-3/h5-6,9-11H,4,7-8H2,1-3H3/t10-,11-/m0/s1. The maximum atomic E-state index is 11.5. The second-order valence-electron chi connectivity index (χ2n) is 4.96. The van der Waals surface area contributed by atoms with Crippen molar-refractivity contribution in [1.82, 2.24) is 0 Å². The summed E-state index contributed by atoms with van der Waals surface area (Å²) in [6.07, 6.45) is 3.59. The van der Waals surface area contributed by atoms with Crippen LogP contribution in [0.1, 0.15) is 42.9 Å². The molecule has 0 amide bonds. The Morgan fingerprint density at radius 1 is 1.41 bits per heavy atom. The fraction of sp³-hybridized carbons (Fsp3) is 0.533. The fourth-order valence-electron chi connectivity index (χ4n) is 2.60. The van der Waals surface area contributed by atoms with E-state index < -0.39 is 0 Å². The monoisotopic (exact) mass is 232 g/mol. The molecule has 1 aromatic rings. The van der Waals surface area contributed by atoms with Crippen LogP contribution in [0.3, 0.4) is 0 Å². The molecule has 2 rings (SSSR count). The first-order chi connectivity index (χ1) is 8.15. The maximum Gasteiger partial charge on any atom is 0.312 e. The number of ether oxygens (including phenoxy) is 1. The van der Waals surface area contributed by atoms with E-state index in [1.54, 1.807) is 0 Å². The molecule has 0 fully saturated rings. The highest BCUT2D eigenvalue weighted by Crippen LogP contribution is 2.31. The molecule has 0 N–H and O–H groups in total. The third kappa shape index (κ3) is 2.36.